The summed E-state index contributed by atoms with van der Waals surface area (Å²) in [5, 5.41) is 3.72. The van der Waals surface area contributed by atoms with Gasteiger partial charge in [-0.15, -0.1) is 23.4 Å². The van der Waals surface area contributed by atoms with Crippen LogP contribution in [-0.4, -0.2) is 24.2 Å². The first-order valence-corrected chi connectivity index (χ1v) is 8.22. The van der Waals surface area contributed by atoms with E-state index in [1.165, 1.54) is 17.7 Å². The average Bonchev–Trinajstić information content (AvgIpc) is 2.41. The maximum Gasteiger partial charge on any atom is 0.0488 e. The second-order valence-electron chi connectivity index (χ2n) is 4.46. The van der Waals surface area contributed by atoms with Crippen LogP contribution in [-0.2, 0) is 0 Å². The SMILES string of the molecule is CCC(CC)C(Cl)CNCCSc1ccccc1. The van der Waals surface area contributed by atoms with Crippen LogP contribution in [0.3, 0.4) is 0 Å². The van der Waals surface area contributed by atoms with Crippen LogP contribution in [0.1, 0.15) is 26.7 Å². The molecule has 0 aliphatic carbocycles. The zero-order valence-electron chi connectivity index (χ0n) is 11.4. The third kappa shape index (κ3) is 6.12. The summed E-state index contributed by atoms with van der Waals surface area (Å²) in [6.45, 7) is 6.37. The van der Waals surface area contributed by atoms with Gasteiger partial charge in [0.2, 0.25) is 0 Å². The van der Waals surface area contributed by atoms with Gasteiger partial charge in [0.25, 0.3) is 0 Å². The van der Waals surface area contributed by atoms with Gasteiger partial charge in [-0.25, -0.2) is 0 Å². The first-order valence-electron chi connectivity index (χ1n) is 6.80. The van der Waals surface area contributed by atoms with Crippen molar-refractivity contribution in [1.29, 1.82) is 0 Å². The van der Waals surface area contributed by atoms with E-state index in [4.69, 9.17) is 11.6 Å². The molecule has 0 aliphatic rings. The van der Waals surface area contributed by atoms with E-state index < -0.39 is 0 Å². The molecule has 0 fully saturated rings. The van der Waals surface area contributed by atoms with Crippen LogP contribution in [0.2, 0.25) is 0 Å². The first kappa shape index (κ1) is 15.9. The fourth-order valence-corrected chi connectivity index (χ4v) is 3.26. The molecule has 0 heterocycles. The van der Waals surface area contributed by atoms with Gasteiger partial charge in [0.15, 0.2) is 0 Å². The highest BCUT2D eigenvalue weighted by atomic mass is 35.5. The normalized spacial score (nSPS) is 12.9. The highest BCUT2D eigenvalue weighted by Crippen LogP contribution is 2.18. The molecule has 1 atom stereocenters. The summed E-state index contributed by atoms with van der Waals surface area (Å²) in [6, 6.07) is 10.5. The Labute approximate surface area is 121 Å². The maximum atomic E-state index is 6.37. The van der Waals surface area contributed by atoms with Gasteiger partial charge in [0.05, 0.1) is 0 Å². The molecule has 0 spiro atoms. The van der Waals surface area contributed by atoms with Gasteiger partial charge in [-0.3, -0.25) is 0 Å². The van der Waals surface area contributed by atoms with Crippen molar-refractivity contribution in [1.82, 2.24) is 5.32 Å². The zero-order valence-corrected chi connectivity index (χ0v) is 12.9. The number of rotatable bonds is 9. The van der Waals surface area contributed by atoms with Crippen molar-refractivity contribution in [2.75, 3.05) is 18.8 Å². The molecule has 0 saturated heterocycles. The van der Waals surface area contributed by atoms with Gasteiger partial charge in [0.1, 0.15) is 0 Å². The Morgan fingerprint density at radius 3 is 2.44 bits per heavy atom. The molecular formula is C15H24ClNS. The summed E-state index contributed by atoms with van der Waals surface area (Å²) in [4.78, 5) is 1.33. The Kier molecular flexibility index (Phi) is 8.57. The van der Waals surface area contributed by atoms with Crippen LogP contribution in [0, 0.1) is 5.92 Å². The van der Waals surface area contributed by atoms with Gasteiger partial charge in [-0.05, 0) is 18.1 Å². The molecule has 102 valence electrons. The van der Waals surface area contributed by atoms with Crippen LogP contribution >= 0.6 is 23.4 Å². The summed E-state index contributed by atoms with van der Waals surface area (Å²) in [6.07, 6.45) is 2.34. The minimum absolute atomic E-state index is 0.265. The lowest BCUT2D eigenvalue weighted by Crippen LogP contribution is -2.30. The van der Waals surface area contributed by atoms with E-state index in [2.05, 4.69) is 49.5 Å². The lowest BCUT2D eigenvalue weighted by atomic mass is 9.99. The number of halogens is 1. The fourth-order valence-electron chi connectivity index (χ4n) is 1.96. The molecule has 1 unspecified atom stereocenters. The van der Waals surface area contributed by atoms with E-state index in [1.54, 1.807) is 0 Å². The van der Waals surface area contributed by atoms with Crippen LogP contribution in [0.4, 0.5) is 0 Å². The molecule has 0 aromatic heterocycles. The van der Waals surface area contributed by atoms with Crippen LogP contribution < -0.4 is 5.32 Å². The molecule has 1 N–H and O–H groups in total. The number of hydrogen-bond acceptors (Lipinski definition) is 2. The van der Waals surface area contributed by atoms with Crippen molar-refractivity contribution >= 4 is 23.4 Å². The lowest BCUT2D eigenvalue weighted by Gasteiger charge is -2.19. The molecule has 18 heavy (non-hydrogen) atoms. The number of benzene rings is 1. The Morgan fingerprint density at radius 1 is 1.17 bits per heavy atom. The summed E-state index contributed by atoms with van der Waals surface area (Å²) < 4.78 is 0. The van der Waals surface area contributed by atoms with E-state index in [0.29, 0.717) is 5.92 Å². The van der Waals surface area contributed by atoms with Crippen LogP contribution in [0.5, 0.6) is 0 Å². The highest BCUT2D eigenvalue weighted by Gasteiger charge is 2.14. The monoisotopic (exact) mass is 285 g/mol. The Morgan fingerprint density at radius 2 is 1.83 bits per heavy atom. The molecule has 3 heteroatoms. The van der Waals surface area contributed by atoms with Gasteiger partial charge in [-0.2, -0.15) is 0 Å². The molecule has 0 amide bonds. The molecule has 0 aliphatic heterocycles. The van der Waals surface area contributed by atoms with Crippen molar-refractivity contribution in [3.8, 4) is 0 Å². The van der Waals surface area contributed by atoms with E-state index in [0.717, 1.165) is 18.8 Å². The standard InChI is InChI=1S/C15H24ClNS/c1-3-13(4-2)15(16)12-17-10-11-18-14-8-6-5-7-9-14/h5-9,13,15,17H,3-4,10-12H2,1-2H3. The van der Waals surface area contributed by atoms with Crippen LogP contribution in [0.25, 0.3) is 0 Å². The Bertz CT molecular complexity index is 301. The minimum Gasteiger partial charge on any atom is -0.314 e. The summed E-state index contributed by atoms with van der Waals surface area (Å²) in [5.74, 6) is 1.73. The Hall–Kier alpha value is -0.180. The second kappa shape index (κ2) is 9.71. The van der Waals surface area contributed by atoms with Crippen molar-refractivity contribution in [2.24, 2.45) is 5.92 Å². The highest BCUT2D eigenvalue weighted by molar-refractivity contribution is 7.99. The third-order valence-electron chi connectivity index (χ3n) is 3.19. The summed E-state index contributed by atoms with van der Waals surface area (Å²) in [5.41, 5.74) is 0. The fraction of sp³-hybridized carbons (Fsp3) is 0.600. The topological polar surface area (TPSA) is 12.0 Å². The predicted octanol–water partition coefficient (Wildman–Crippen LogP) is 4.41. The van der Waals surface area contributed by atoms with Crippen molar-refractivity contribution < 1.29 is 0 Å². The number of thioether (sulfide) groups is 1. The summed E-state index contributed by atoms with van der Waals surface area (Å²) in [7, 11) is 0. The molecule has 0 bridgehead atoms. The van der Waals surface area contributed by atoms with E-state index in [1.807, 2.05) is 11.8 Å². The quantitative estimate of drug-likeness (QED) is 0.410. The number of nitrogens with one attached hydrogen (secondary N) is 1. The maximum absolute atomic E-state index is 6.37. The van der Waals surface area contributed by atoms with Gasteiger partial charge in [-0.1, -0.05) is 44.9 Å². The van der Waals surface area contributed by atoms with Crippen LogP contribution in [0.15, 0.2) is 35.2 Å². The van der Waals surface area contributed by atoms with Crippen molar-refractivity contribution in [2.45, 2.75) is 37.0 Å². The smallest absolute Gasteiger partial charge is 0.0488 e. The first-order chi connectivity index (χ1) is 8.77. The molecule has 1 aromatic rings. The van der Waals surface area contributed by atoms with Gasteiger partial charge in [0, 0.05) is 29.1 Å². The molecule has 1 aromatic carbocycles. The second-order valence-corrected chi connectivity index (χ2v) is 6.19. The van der Waals surface area contributed by atoms with Crippen molar-refractivity contribution in [3.63, 3.8) is 0 Å². The zero-order chi connectivity index (χ0) is 13.2. The lowest BCUT2D eigenvalue weighted by molar-refractivity contribution is 0.450. The van der Waals surface area contributed by atoms with E-state index >= 15 is 0 Å². The molecule has 0 radical (unpaired) electrons. The van der Waals surface area contributed by atoms with Gasteiger partial charge < -0.3 is 5.32 Å². The third-order valence-corrected chi connectivity index (χ3v) is 4.71. The minimum atomic E-state index is 0.265. The van der Waals surface area contributed by atoms with E-state index in [9.17, 15) is 0 Å². The summed E-state index contributed by atoms with van der Waals surface area (Å²) >= 11 is 8.26. The molecule has 0 saturated carbocycles. The molecular weight excluding hydrogens is 262 g/mol. The molecule has 1 nitrogen and oxygen atoms in total. The van der Waals surface area contributed by atoms with Crippen molar-refractivity contribution in [3.05, 3.63) is 30.3 Å². The van der Waals surface area contributed by atoms with E-state index in [-0.39, 0.29) is 5.38 Å². The van der Waals surface area contributed by atoms with Gasteiger partial charge >= 0.3 is 0 Å². The number of alkyl halides is 1. The Balaban J connectivity index is 2.08. The largest absolute Gasteiger partial charge is 0.314 e. The number of hydrogen-bond donors (Lipinski definition) is 1. The molecule has 1 rings (SSSR count). The average molecular weight is 286 g/mol. The predicted molar refractivity (Wildman–Crippen MR) is 83.7 cm³/mol.